The van der Waals surface area contributed by atoms with E-state index in [9.17, 15) is 5.26 Å². The van der Waals surface area contributed by atoms with Crippen LogP contribution in [0, 0.1) is 17.2 Å². The van der Waals surface area contributed by atoms with Crippen molar-refractivity contribution in [3.05, 3.63) is 33.3 Å². The molecule has 2 atom stereocenters. The SMILES string of the molecule is CC(C)(C)N1C[C@H](c2ccc(Br)c(Cl)c2)[C@@H](C#N)C1. The highest BCUT2D eigenvalue weighted by atomic mass is 79.9. The lowest BCUT2D eigenvalue weighted by Gasteiger charge is -2.31. The second kappa shape index (κ2) is 5.44. The van der Waals surface area contributed by atoms with Crippen LogP contribution < -0.4 is 0 Å². The Labute approximate surface area is 128 Å². The fraction of sp³-hybridized carbons (Fsp3) is 0.533. The molecule has 1 fully saturated rings. The summed E-state index contributed by atoms with van der Waals surface area (Å²) in [6, 6.07) is 8.46. The van der Waals surface area contributed by atoms with E-state index in [1.165, 1.54) is 0 Å². The molecule has 1 aliphatic heterocycles. The third kappa shape index (κ3) is 3.13. The maximum atomic E-state index is 9.39. The Morgan fingerprint density at radius 2 is 2.05 bits per heavy atom. The summed E-state index contributed by atoms with van der Waals surface area (Å²) in [6.45, 7) is 8.33. The molecule has 2 rings (SSSR count). The van der Waals surface area contributed by atoms with Gasteiger partial charge in [-0.15, -0.1) is 0 Å². The van der Waals surface area contributed by atoms with E-state index in [4.69, 9.17) is 11.6 Å². The number of rotatable bonds is 1. The van der Waals surface area contributed by atoms with Gasteiger partial charge in [0.1, 0.15) is 0 Å². The van der Waals surface area contributed by atoms with Gasteiger partial charge in [0.25, 0.3) is 0 Å². The van der Waals surface area contributed by atoms with E-state index in [0.717, 1.165) is 23.1 Å². The molecule has 0 unspecified atom stereocenters. The maximum absolute atomic E-state index is 9.39. The number of likely N-dealkylation sites (tertiary alicyclic amines) is 1. The van der Waals surface area contributed by atoms with Crippen molar-refractivity contribution in [2.45, 2.75) is 32.2 Å². The molecule has 1 aromatic rings. The summed E-state index contributed by atoms with van der Waals surface area (Å²) in [5, 5.41) is 10.1. The van der Waals surface area contributed by atoms with Crippen LogP contribution in [-0.2, 0) is 0 Å². The van der Waals surface area contributed by atoms with Crippen molar-refractivity contribution in [3.8, 4) is 6.07 Å². The number of benzene rings is 1. The molecule has 0 aromatic heterocycles. The van der Waals surface area contributed by atoms with Gasteiger partial charge in [0.2, 0.25) is 0 Å². The van der Waals surface area contributed by atoms with Crippen molar-refractivity contribution < 1.29 is 0 Å². The van der Waals surface area contributed by atoms with Gasteiger partial charge in [0.05, 0.1) is 17.0 Å². The molecule has 1 heterocycles. The molecule has 1 saturated heterocycles. The van der Waals surface area contributed by atoms with Gasteiger partial charge in [-0.05, 0) is 54.4 Å². The van der Waals surface area contributed by atoms with Gasteiger partial charge in [-0.3, -0.25) is 4.90 Å². The lowest BCUT2D eigenvalue weighted by Crippen LogP contribution is -2.39. The largest absolute Gasteiger partial charge is 0.297 e. The van der Waals surface area contributed by atoms with Crippen LogP contribution >= 0.6 is 27.5 Å². The monoisotopic (exact) mass is 340 g/mol. The number of halogens is 2. The van der Waals surface area contributed by atoms with Crippen LogP contribution in [0.25, 0.3) is 0 Å². The van der Waals surface area contributed by atoms with Gasteiger partial charge in [-0.1, -0.05) is 17.7 Å². The summed E-state index contributed by atoms with van der Waals surface area (Å²) in [7, 11) is 0. The predicted molar refractivity (Wildman–Crippen MR) is 82.3 cm³/mol. The zero-order valence-electron chi connectivity index (χ0n) is 11.5. The van der Waals surface area contributed by atoms with E-state index in [2.05, 4.69) is 53.7 Å². The summed E-state index contributed by atoms with van der Waals surface area (Å²) < 4.78 is 0.900. The number of hydrogen-bond donors (Lipinski definition) is 0. The normalized spacial score (nSPS) is 24.4. The Balaban J connectivity index is 2.28. The molecule has 0 spiro atoms. The van der Waals surface area contributed by atoms with Crippen molar-refractivity contribution in [2.75, 3.05) is 13.1 Å². The van der Waals surface area contributed by atoms with Crippen molar-refractivity contribution >= 4 is 27.5 Å². The van der Waals surface area contributed by atoms with Crippen LogP contribution in [0.2, 0.25) is 5.02 Å². The van der Waals surface area contributed by atoms with E-state index >= 15 is 0 Å². The third-order valence-electron chi connectivity index (χ3n) is 3.81. The van der Waals surface area contributed by atoms with Crippen molar-refractivity contribution in [2.24, 2.45) is 5.92 Å². The fourth-order valence-electron chi connectivity index (χ4n) is 2.56. The first kappa shape index (κ1) is 14.8. The average molecular weight is 342 g/mol. The molecule has 4 heteroatoms. The lowest BCUT2D eigenvalue weighted by atomic mass is 9.90. The molecule has 19 heavy (non-hydrogen) atoms. The van der Waals surface area contributed by atoms with E-state index in [-0.39, 0.29) is 17.4 Å². The van der Waals surface area contributed by atoms with Gasteiger partial charge < -0.3 is 0 Å². The summed E-state index contributed by atoms with van der Waals surface area (Å²) in [5.74, 6) is 0.284. The highest BCUT2D eigenvalue weighted by molar-refractivity contribution is 9.10. The molecule has 1 aliphatic rings. The minimum Gasteiger partial charge on any atom is -0.297 e. The van der Waals surface area contributed by atoms with Crippen LogP contribution in [0.4, 0.5) is 0 Å². The maximum Gasteiger partial charge on any atom is 0.0676 e. The molecular weight excluding hydrogens is 324 g/mol. The second-order valence-electron chi connectivity index (χ2n) is 6.09. The molecule has 0 bridgehead atoms. The Morgan fingerprint density at radius 1 is 1.37 bits per heavy atom. The first-order valence-electron chi connectivity index (χ1n) is 6.42. The van der Waals surface area contributed by atoms with Gasteiger partial charge in [0.15, 0.2) is 0 Å². The first-order chi connectivity index (χ1) is 8.82. The van der Waals surface area contributed by atoms with Crippen molar-refractivity contribution in [1.29, 1.82) is 5.26 Å². The molecule has 0 saturated carbocycles. The van der Waals surface area contributed by atoms with Crippen LogP contribution in [0.15, 0.2) is 22.7 Å². The fourth-order valence-corrected chi connectivity index (χ4v) is 3.00. The molecule has 0 amide bonds. The van der Waals surface area contributed by atoms with Crippen molar-refractivity contribution in [1.82, 2.24) is 4.90 Å². The zero-order chi connectivity index (χ0) is 14.2. The van der Waals surface area contributed by atoms with Crippen LogP contribution in [0.1, 0.15) is 32.3 Å². The number of hydrogen-bond acceptors (Lipinski definition) is 2. The van der Waals surface area contributed by atoms with Gasteiger partial charge in [-0.2, -0.15) is 5.26 Å². The Hall–Kier alpha value is -0.560. The Morgan fingerprint density at radius 3 is 2.58 bits per heavy atom. The Kier molecular flexibility index (Phi) is 4.25. The van der Waals surface area contributed by atoms with Crippen LogP contribution in [-0.4, -0.2) is 23.5 Å². The molecule has 0 aliphatic carbocycles. The highest BCUT2D eigenvalue weighted by Crippen LogP contribution is 2.37. The summed E-state index contributed by atoms with van der Waals surface area (Å²) >= 11 is 9.57. The molecule has 0 N–H and O–H groups in total. The van der Waals surface area contributed by atoms with Gasteiger partial charge in [-0.25, -0.2) is 0 Å². The predicted octanol–water partition coefficient (Wildman–Crippen LogP) is 4.44. The molecular formula is C15H18BrClN2. The van der Waals surface area contributed by atoms with E-state index in [1.54, 1.807) is 0 Å². The molecule has 2 nitrogen and oxygen atoms in total. The quantitative estimate of drug-likeness (QED) is 0.755. The molecule has 0 radical (unpaired) electrons. The number of nitrogens with zero attached hydrogens (tertiary/aromatic N) is 2. The van der Waals surface area contributed by atoms with E-state index < -0.39 is 0 Å². The first-order valence-corrected chi connectivity index (χ1v) is 7.59. The van der Waals surface area contributed by atoms with Gasteiger partial charge >= 0.3 is 0 Å². The molecule has 102 valence electrons. The van der Waals surface area contributed by atoms with E-state index in [0.29, 0.717) is 5.02 Å². The second-order valence-corrected chi connectivity index (χ2v) is 7.35. The lowest BCUT2D eigenvalue weighted by molar-refractivity contribution is 0.170. The molecule has 1 aromatic carbocycles. The van der Waals surface area contributed by atoms with Crippen molar-refractivity contribution in [3.63, 3.8) is 0 Å². The number of nitriles is 1. The summed E-state index contributed by atoms with van der Waals surface area (Å²) in [5.41, 5.74) is 1.26. The Bertz CT molecular complexity index is 516. The minimum absolute atomic E-state index is 0.0384. The summed E-state index contributed by atoms with van der Waals surface area (Å²) in [6.07, 6.45) is 0. The third-order valence-corrected chi connectivity index (χ3v) is 5.04. The standard InChI is InChI=1S/C15H18BrClN2/c1-15(2,3)19-8-11(7-18)12(9-19)10-4-5-13(16)14(17)6-10/h4-6,11-12H,8-9H2,1-3H3/t11-,12+/m0/s1. The van der Waals surface area contributed by atoms with E-state index in [1.807, 2.05) is 12.1 Å². The van der Waals surface area contributed by atoms with Crippen LogP contribution in [0.5, 0.6) is 0 Å². The van der Waals surface area contributed by atoms with Gasteiger partial charge in [0, 0.05) is 29.0 Å². The summed E-state index contributed by atoms with van der Waals surface area (Å²) in [4.78, 5) is 2.38. The van der Waals surface area contributed by atoms with Crippen LogP contribution in [0.3, 0.4) is 0 Å². The minimum atomic E-state index is 0.0384. The topological polar surface area (TPSA) is 27.0 Å². The highest BCUT2D eigenvalue weighted by Gasteiger charge is 2.38. The smallest absolute Gasteiger partial charge is 0.0676 e. The zero-order valence-corrected chi connectivity index (χ0v) is 13.8. The average Bonchev–Trinajstić information content (AvgIpc) is 2.76.